The summed E-state index contributed by atoms with van der Waals surface area (Å²) in [6.45, 7) is 3.27. The van der Waals surface area contributed by atoms with Gasteiger partial charge in [0.25, 0.3) is 5.91 Å². The van der Waals surface area contributed by atoms with Crippen molar-refractivity contribution in [2.45, 2.75) is 24.6 Å². The van der Waals surface area contributed by atoms with Crippen LogP contribution < -0.4 is 4.74 Å². The Hall–Kier alpha value is -1.63. The molecule has 0 bridgehead atoms. The molecule has 21 heavy (non-hydrogen) atoms. The molecular weight excluding hydrogens is 340 g/mol. The van der Waals surface area contributed by atoms with Gasteiger partial charge in [0.1, 0.15) is 0 Å². The van der Waals surface area contributed by atoms with E-state index in [1.165, 1.54) is 12.1 Å². The molecule has 1 aromatic rings. The number of piperidine rings is 1. The monoisotopic (exact) mass is 356 g/mol. The molecule has 1 aromatic carbocycles. The molecule has 1 saturated heterocycles. The van der Waals surface area contributed by atoms with Crippen molar-refractivity contribution >= 4 is 27.5 Å². The Morgan fingerprint density at radius 3 is 2.95 bits per heavy atom. The maximum atomic E-state index is 12.6. The number of hydrogen-bond acceptors (Lipinski definition) is 4. The number of nitro benzene ring substituents is 1. The highest BCUT2D eigenvalue weighted by atomic mass is 79.9. The molecule has 0 spiro atoms. The van der Waals surface area contributed by atoms with Crippen molar-refractivity contribution in [3.8, 4) is 5.75 Å². The second-order valence-corrected chi connectivity index (χ2v) is 6.13. The van der Waals surface area contributed by atoms with Crippen molar-refractivity contribution in [2.75, 3.05) is 19.7 Å². The predicted octanol–water partition coefficient (Wildman–Crippen LogP) is 2.99. The third-order valence-electron chi connectivity index (χ3n) is 3.36. The molecule has 0 aliphatic carbocycles. The lowest BCUT2D eigenvalue weighted by Gasteiger charge is -2.30. The van der Waals surface area contributed by atoms with Crippen molar-refractivity contribution in [1.29, 1.82) is 0 Å². The van der Waals surface area contributed by atoms with E-state index < -0.39 is 4.92 Å². The number of rotatable bonds is 4. The van der Waals surface area contributed by atoms with Gasteiger partial charge >= 0.3 is 5.69 Å². The van der Waals surface area contributed by atoms with Crippen molar-refractivity contribution in [3.63, 3.8) is 0 Å². The maximum Gasteiger partial charge on any atom is 0.311 e. The Kier molecular flexibility index (Phi) is 5.17. The molecule has 114 valence electrons. The third-order valence-corrected chi connectivity index (χ3v) is 4.11. The average molecular weight is 357 g/mol. The zero-order valence-electron chi connectivity index (χ0n) is 11.8. The van der Waals surface area contributed by atoms with E-state index in [0.717, 1.165) is 12.8 Å². The topological polar surface area (TPSA) is 72.7 Å². The number of carbonyl (C=O) groups is 1. The highest BCUT2D eigenvalue weighted by Gasteiger charge is 2.28. The van der Waals surface area contributed by atoms with Crippen LogP contribution in [0.2, 0.25) is 0 Å². The molecule has 7 heteroatoms. The summed E-state index contributed by atoms with van der Waals surface area (Å²) in [4.78, 5) is 25.2. The minimum atomic E-state index is -0.523. The van der Waals surface area contributed by atoms with Crippen LogP contribution in [0.1, 0.15) is 30.1 Å². The molecule has 1 fully saturated rings. The van der Waals surface area contributed by atoms with Gasteiger partial charge in [-0.25, -0.2) is 0 Å². The smallest absolute Gasteiger partial charge is 0.311 e. The second-order valence-electron chi connectivity index (χ2n) is 4.83. The standard InChI is InChI=1S/C14H17BrN2O4/c1-2-21-13-11(6-3-7-12(13)17(19)20)14(18)16-8-4-5-10(15)9-16/h3,6-7,10H,2,4-5,8-9H2,1H3. The zero-order chi connectivity index (χ0) is 15.4. The molecule has 1 aliphatic heterocycles. The fourth-order valence-electron chi connectivity index (χ4n) is 2.41. The van der Waals surface area contributed by atoms with Crippen LogP contribution in [-0.4, -0.2) is 40.3 Å². The number of ether oxygens (including phenoxy) is 1. The summed E-state index contributed by atoms with van der Waals surface area (Å²) in [5.41, 5.74) is 0.0859. The molecule has 2 rings (SSSR count). The van der Waals surface area contributed by atoms with Gasteiger partial charge in [-0.15, -0.1) is 0 Å². The minimum Gasteiger partial charge on any atom is -0.487 e. The minimum absolute atomic E-state index is 0.0618. The van der Waals surface area contributed by atoms with Crippen molar-refractivity contribution in [2.24, 2.45) is 0 Å². The summed E-state index contributed by atoms with van der Waals surface area (Å²) in [6, 6.07) is 4.45. The number of amides is 1. The van der Waals surface area contributed by atoms with Crippen LogP contribution in [0.3, 0.4) is 0 Å². The first-order valence-electron chi connectivity index (χ1n) is 6.88. The van der Waals surface area contributed by atoms with E-state index in [2.05, 4.69) is 15.9 Å². The van der Waals surface area contributed by atoms with Gasteiger partial charge in [0, 0.05) is 24.0 Å². The van der Waals surface area contributed by atoms with E-state index in [1.54, 1.807) is 17.9 Å². The van der Waals surface area contributed by atoms with E-state index in [1.807, 2.05) is 0 Å². The fraction of sp³-hybridized carbons (Fsp3) is 0.500. The summed E-state index contributed by atoms with van der Waals surface area (Å²) in [6.07, 6.45) is 1.94. The summed E-state index contributed by atoms with van der Waals surface area (Å²) in [5.74, 6) is -0.155. The number of likely N-dealkylation sites (tertiary alicyclic amines) is 1. The quantitative estimate of drug-likeness (QED) is 0.472. The van der Waals surface area contributed by atoms with Gasteiger partial charge in [-0.3, -0.25) is 14.9 Å². The molecule has 6 nitrogen and oxygen atoms in total. The van der Waals surface area contributed by atoms with Gasteiger partial charge < -0.3 is 9.64 Å². The number of nitrogens with zero attached hydrogens (tertiary/aromatic N) is 2. The Balaban J connectivity index is 2.35. The number of carbonyl (C=O) groups excluding carboxylic acids is 1. The van der Waals surface area contributed by atoms with Crippen LogP contribution in [-0.2, 0) is 0 Å². The normalized spacial score (nSPS) is 18.4. The highest BCUT2D eigenvalue weighted by Crippen LogP contribution is 2.32. The fourth-order valence-corrected chi connectivity index (χ4v) is 3.09. The van der Waals surface area contributed by atoms with E-state index in [0.29, 0.717) is 13.1 Å². The molecule has 1 heterocycles. The first kappa shape index (κ1) is 15.8. The number of alkyl halides is 1. The Labute approximate surface area is 131 Å². The number of para-hydroxylation sites is 1. The van der Waals surface area contributed by atoms with E-state index in [-0.39, 0.29) is 34.3 Å². The number of halogens is 1. The van der Waals surface area contributed by atoms with E-state index in [9.17, 15) is 14.9 Å². The molecule has 0 aromatic heterocycles. The Morgan fingerprint density at radius 1 is 1.57 bits per heavy atom. The molecule has 1 unspecified atom stereocenters. The maximum absolute atomic E-state index is 12.6. The largest absolute Gasteiger partial charge is 0.487 e. The Bertz CT molecular complexity index is 550. The lowest BCUT2D eigenvalue weighted by molar-refractivity contribution is -0.385. The van der Waals surface area contributed by atoms with Crippen LogP contribution in [0.25, 0.3) is 0 Å². The van der Waals surface area contributed by atoms with Crippen LogP contribution in [0.5, 0.6) is 5.75 Å². The van der Waals surface area contributed by atoms with Crippen molar-refractivity contribution < 1.29 is 14.5 Å². The van der Waals surface area contributed by atoms with Gasteiger partial charge in [0.05, 0.1) is 17.1 Å². The molecule has 0 saturated carbocycles. The molecule has 0 radical (unpaired) electrons. The predicted molar refractivity (Wildman–Crippen MR) is 82.1 cm³/mol. The van der Waals surface area contributed by atoms with E-state index >= 15 is 0 Å². The number of benzene rings is 1. The van der Waals surface area contributed by atoms with Crippen molar-refractivity contribution in [1.82, 2.24) is 4.90 Å². The van der Waals surface area contributed by atoms with Gasteiger partial charge in [-0.2, -0.15) is 0 Å². The van der Waals surface area contributed by atoms with Crippen molar-refractivity contribution in [3.05, 3.63) is 33.9 Å². The second kappa shape index (κ2) is 6.89. The van der Waals surface area contributed by atoms with Crippen LogP contribution in [0, 0.1) is 10.1 Å². The number of nitro groups is 1. The molecule has 1 atom stereocenters. The van der Waals surface area contributed by atoms with Gasteiger partial charge in [-0.1, -0.05) is 22.0 Å². The molecular formula is C14H17BrN2O4. The van der Waals surface area contributed by atoms with Crippen LogP contribution >= 0.6 is 15.9 Å². The first-order chi connectivity index (χ1) is 10.0. The van der Waals surface area contributed by atoms with Gasteiger partial charge in [-0.05, 0) is 25.8 Å². The van der Waals surface area contributed by atoms with Crippen LogP contribution in [0.15, 0.2) is 18.2 Å². The summed E-state index contributed by atoms with van der Waals surface area (Å²) in [5, 5.41) is 11.1. The Morgan fingerprint density at radius 2 is 2.33 bits per heavy atom. The first-order valence-corrected chi connectivity index (χ1v) is 7.79. The molecule has 1 amide bonds. The summed E-state index contributed by atoms with van der Waals surface area (Å²) >= 11 is 3.52. The zero-order valence-corrected chi connectivity index (χ0v) is 13.3. The highest BCUT2D eigenvalue weighted by molar-refractivity contribution is 9.09. The lowest BCUT2D eigenvalue weighted by Crippen LogP contribution is -2.40. The summed E-state index contributed by atoms with van der Waals surface area (Å²) < 4.78 is 5.37. The van der Waals surface area contributed by atoms with Crippen LogP contribution in [0.4, 0.5) is 5.69 Å². The van der Waals surface area contributed by atoms with E-state index in [4.69, 9.17) is 4.74 Å². The van der Waals surface area contributed by atoms with Gasteiger partial charge in [0.2, 0.25) is 5.75 Å². The SMILES string of the molecule is CCOc1c(C(=O)N2CCCC(Br)C2)cccc1[N+](=O)[O-]. The molecule has 0 N–H and O–H groups in total. The number of hydrogen-bond donors (Lipinski definition) is 0. The lowest BCUT2D eigenvalue weighted by atomic mass is 10.1. The summed E-state index contributed by atoms with van der Waals surface area (Å²) in [7, 11) is 0. The molecule has 1 aliphatic rings. The average Bonchev–Trinajstić information content (AvgIpc) is 2.47. The third kappa shape index (κ3) is 3.53. The van der Waals surface area contributed by atoms with Gasteiger partial charge in [0.15, 0.2) is 0 Å².